The molecule has 0 aliphatic heterocycles. The van der Waals surface area contributed by atoms with Gasteiger partial charge in [-0.1, -0.05) is 42.5 Å². The van der Waals surface area contributed by atoms with Crippen LogP contribution in [-0.4, -0.2) is 29.1 Å². The van der Waals surface area contributed by atoms with Crippen LogP contribution in [0.15, 0.2) is 35.8 Å². The highest BCUT2D eigenvalue weighted by atomic mass is 32.1. The van der Waals surface area contributed by atoms with Crippen molar-refractivity contribution in [1.82, 2.24) is 4.98 Å². The highest BCUT2D eigenvalue weighted by Crippen LogP contribution is 2.43. The number of anilines is 1. The largest absolute Gasteiger partial charge is 0.477 e. The van der Waals surface area contributed by atoms with Crippen LogP contribution < -0.4 is 11.1 Å². The van der Waals surface area contributed by atoms with Gasteiger partial charge in [0.1, 0.15) is 4.88 Å². The number of aryl methyl sites for hydroxylation is 1. The third kappa shape index (κ3) is 3.80. The molecule has 0 atom stereocenters. The lowest BCUT2D eigenvalue weighted by atomic mass is 9.95. The quantitative estimate of drug-likeness (QED) is 0.493. The molecule has 7 heteroatoms. The zero-order valence-corrected chi connectivity index (χ0v) is 16.1. The van der Waals surface area contributed by atoms with Crippen LogP contribution >= 0.6 is 22.7 Å². The smallest absolute Gasteiger partial charge is 0.346 e. The molecule has 0 radical (unpaired) electrons. The average Bonchev–Trinajstić information content (AvgIpc) is 3.28. The number of aromatic nitrogens is 1. The van der Waals surface area contributed by atoms with E-state index in [1.807, 2.05) is 23.6 Å². The predicted octanol–water partition coefficient (Wildman–Crippen LogP) is 4.56. The number of thiazole rings is 1. The Morgan fingerprint density at radius 1 is 1.31 bits per heavy atom. The maximum Gasteiger partial charge on any atom is 0.346 e. The number of carboxylic acids is 1. The molecule has 0 aliphatic rings. The normalized spacial score (nSPS) is 10.8. The number of nitrogens with zero attached hydrogens (tertiary/aromatic N) is 1. The van der Waals surface area contributed by atoms with E-state index in [1.54, 1.807) is 6.20 Å². The standard InChI is InChI=1S/C19H21N3O2S2/c1-2-12-6-3-4-7-13(12)16-14(11-25-17(16)18(23)24)15-10-22-19(26-15)21-9-5-8-20/h3-4,6-7,10-11H,2,5,8-9,20H2,1H3,(H,21,22)(H,23,24). The minimum absolute atomic E-state index is 0.368. The molecule has 2 heterocycles. The van der Waals surface area contributed by atoms with Gasteiger partial charge in [-0.2, -0.15) is 0 Å². The minimum Gasteiger partial charge on any atom is -0.477 e. The second kappa shape index (κ2) is 8.44. The Balaban J connectivity index is 2.05. The number of hydrogen-bond acceptors (Lipinski definition) is 6. The van der Waals surface area contributed by atoms with Gasteiger partial charge in [0.15, 0.2) is 5.13 Å². The predicted molar refractivity (Wildman–Crippen MR) is 109 cm³/mol. The molecular weight excluding hydrogens is 366 g/mol. The fourth-order valence-electron chi connectivity index (χ4n) is 2.81. The molecule has 136 valence electrons. The zero-order valence-electron chi connectivity index (χ0n) is 14.5. The van der Waals surface area contributed by atoms with Crippen molar-refractivity contribution in [2.75, 3.05) is 18.4 Å². The van der Waals surface area contributed by atoms with Crippen LogP contribution in [0, 0.1) is 0 Å². The minimum atomic E-state index is -0.895. The van der Waals surface area contributed by atoms with Crippen molar-refractivity contribution in [2.45, 2.75) is 19.8 Å². The Morgan fingerprint density at radius 3 is 2.85 bits per heavy atom. The molecule has 0 saturated heterocycles. The Hall–Kier alpha value is -2.22. The number of nitrogens with one attached hydrogen (secondary N) is 1. The molecule has 26 heavy (non-hydrogen) atoms. The summed E-state index contributed by atoms with van der Waals surface area (Å²) in [6.07, 6.45) is 3.53. The van der Waals surface area contributed by atoms with Gasteiger partial charge in [-0.15, -0.1) is 11.3 Å². The van der Waals surface area contributed by atoms with Gasteiger partial charge in [0.2, 0.25) is 0 Å². The van der Waals surface area contributed by atoms with E-state index in [0.29, 0.717) is 11.4 Å². The molecule has 0 unspecified atom stereocenters. The number of rotatable bonds is 8. The van der Waals surface area contributed by atoms with Gasteiger partial charge in [-0.3, -0.25) is 0 Å². The highest BCUT2D eigenvalue weighted by molar-refractivity contribution is 7.19. The number of benzene rings is 1. The zero-order chi connectivity index (χ0) is 18.5. The van der Waals surface area contributed by atoms with Gasteiger partial charge in [0, 0.05) is 29.2 Å². The van der Waals surface area contributed by atoms with Crippen molar-refractivity contribution in [1.29, 1.82) is 0 Å². The molecule has 0 amide bonds. The van der Waals surface area contributed by atoms with Crippen molar-refractivity contribution >= 4 is 33.8 Å². The summed E-state index contributed by atoms with van der Waals surface area (Å²) in [5.74, 6) is -0.895. The number of thiophene rings is 1. The van der Waals surface area contributed by atoms with E-state index in [9.17, 15) is 9.90 Å². The van der Waals surface area contributed by atoms with E-state index in [4.69, 9.17) is 5.73 Å². The lowest BCUT2D eigenvalue weighted by molar-refractivity contribution is 0.0703. The molecular formula is C19H21N3O2S2. The Morgan fingerprint density at radius 2 is 2.12 bits per heavy atom. The first kappa shape index (κ1) is 18.6. The summed E-state index contributed by atoms with van der Waals surface area (Å²) < 4.78 is 0. The third-order valence-corrected chi connectivity index (χ3v) is 6.04. The van der Waals surface area contributed by atoms with Gasteiger partial charge in [0.25, 0.3) is 0 Å². The molecule has 3 rings (SSSR count). The summed E-state index contributed by atoms with van der Waals surface area (Å²) in [6, 6.07) is 7.99. The van der Waals surface area contributed by atoms with Crippen LogP contribution in [0.3, 0.4) is 0 Å². The van der Waals surface area contributed by atoms with E-state index >= 15 is 0 Å². The van der Waals surface area contributed by atoms with E-state index in [-0.39, 0.29) is 0 Å². The van der Waals surface area contributed by atoms with Crippen molar-refractivity contribution in [3.63, 3.8) is 0 Å². The first-order valence-corrected chi connectivity index (χ1v) is 10.2. The first-order chi connectivity index (χ1) is 12.7. The van der Waals surface area contributed by atoms with Gasteiger partial charge >= 0.3 is 5.97 Å². The molecule has 0 saturated carbocycles. The summed E-state index contributed by atoms with van der Waals surface area (Å²) in [7, 11) is 0. The molecule has 0 fully saturated rings. The third-order valence-electron chi connectivity index (χ3n) is 4.08. The Labute approximate surface area is 160 Å². The molecule has 1 aromatic carbocycles. The second-order valence-electron chi connectivity index (χ2n) is 5.77. The topological polar surface area (TPSA) is 88.2 Å². The number of nitrogens with two attached hydrogens (primary N) is 1. The van der Waals surface area contributed by atoms with Crippen LogP contribution in [0.5, 0.6) is 0 Å². The van der Waals surface area contributed by atoms with E-state index in [0.717, 1.165) is 51.6 Å². The van der Waals surface area contributed by atoms with Crippen LogP contribution in [0.25, 0.3) is 21.6 Å². The van der Waals surface area contributed by atoms with Gasteiger partial charge < -0.3 is 16.2 Å². The number of carbonyl (C=O) groups is 1. The molecule has 2 aromatic heterocycles. The summed E-state index contributed by atoms with van der Waals surface area (Å²) in [6.45, 7) is 3.49. The van der Waals surface area contributed by atoms with Crippen LogP contribution in [0.1, 0.15) is 28.6 Å². The monoisotopic (exact) mass is 387 g/mol. The summed E-state index contributed by atoms with van der Waals surface area (Å²) in [5.41, 5.74) is 9.36. The van der Waals surface area contributed by atoms with E-state index in [2.05, 4.69) is 23.3 Å². The summed E-state index contributed by atoms with van der Waals surface area (Å²) in [4.78, 5) is 17.5. The Kier molecular flexibility index (Phi) is 6.03. The van der Waals surface area contributed by atoms with Gasteiger partial charge in [-0.05, 0) is 30.5 Å². The van der Waals surface area contributed by atoms with Crippen molar-refractivity contribution in [3.05, 3.63) is 46.3 Å². The van der Waals surface area contributed by atoms with Crippen LogP contribution in [0.2, 0.25) is 0 Å². The van der Waals surface area contributed by atoms with Crippen LogP contribution in [-0.2, 0) is 6.42 Å². The fraction of sp³-hybridized carbons (Fsp3) is 0.263. The maximum atomic E-state index is 11.8. The lowest BCUT2D eigenvalue weighted by Crippen LogP contribution is -2.07. The summed E-state index contributed by atoms with van der Waals surface area (Å²) in [5, 5.41) is 15.7. The summed E-state index contributed by atoms with van der Waals surface area (Å²) >= 11 is 2.80. The number of aromatic carboxylic acids is 1. The van der Waals surface area contributed by atoms with Crippen molar-refractivity contribution < 1.29 is 9.90 Å². The Bertz CT molecular complexity index is 902. The molecule has 0 bridgehead atoms. The van der Waals surface area contributed by atoms with Gasteiger partial charge in [0.05, 0.1) is 4.88 Å². The first-order valence-electron chi connectivity index (χ1n) is 8.48. The fourth-order valence-corrected chi connectivity index (χ4v) is 4.67. The molecule has 5 nitrogen and oxygen atoms in total. The van der Waals surface area contributed by atoms with Crippen molar-refractivity contribution in [2.24, 2.45) is 5.73 Å². The van der Waals surface area contributed by atoms with E-state index < -0.39 is 5.97 Å². The van der Waals surface area contributed by atoms with Crippen molar-refractivity contribution in [3.8, 4) is 21.6 Å². The second-order valence-corrected chi connectivity index (χ2v) is 7.68. The highest BCUT2D eigenvalue weighted by Gasteiger charge is 2.22. The van der Waals surface area contributed by atoms with Gasteiger partial charge in [-0.25, -0.2) is 9.78 Å². The maximum absolute atomic E-state index is 11.8. The molecule has 3 aromatic rings. The lowest BCUT2D eigenvalue weighted by Gasteiger charge is -2.10. The molecule has 4 N–H and O–H groups in total. The SMILES string of the molecule is CCc1ccccc1-c1c(-c2cnc(NCCCN)s2)csc1C(=O)O. The van der Waals surface area contributed by atoms with E-state index in [1.165, 1.54) is 22.7 Å². The number of hydrogen-bond donors (Lipinski definition) is 3. The molecule has 0 aliphatic carbocycles. The molecule has 0 spiro atoms. The number of carboxylic acid groups (broad SMARTS) is 1. The van der Waals surface area contributed by atoms with Crippen LogP contribution in [0.4, 0.5) is 5.13 Å². The average molecular weight is 388 g/mol.